The Morgan fingerprint density at radius 2 is 2.06 bits per heavy atom. The van der Waals surface area contributed by atoms with E-state index in [2.05, 4.69) is 38.1 Å². The SMILES string of the molecule is Cc1ccc(CC(=O)N2CCC[C@@H](C)C2)cc1. The Kier molecular flexibility index (Phi) is 3.82. The molecule has 1 amide bonds. The van der Waals surface area contributed by atoms with Crippen molar-refractivity contribution < 1.29 is 4.79 Å². The smallest absolute Gasteiger partial charge is 0.226 e. The van der Waals surface area contributed by atoms with Crippen LogP contribution in [0, 0.1) is 12.8 Å². The lowest BCUT2D eigenvalue weighted by Gasteiger charge is -2.31. The zero-order chi connectivity index (χ0) is 12.3. The highest BCUT2D eigenvalue weighted by Crippen LogP contribution is 2.16. The Balaban J connectivity index is 1.94. The van der Waals surface area contributed by atoms with Crippen LogP contribution in [0.3, 0.4) is 0 Å². The summed E-state index contributed by atoms with van der Waals surface area (Å²) in [6.07, 6.45) is 2.96. The number of hydrogen-bond donors (Lipinski definition) is 0. The molecule has 0 radical (unpaired) electrons. The van der Waals surface area contributed by atoms with Crippen LogP contribution in [0.1, 0.15) is 30.9 Å². The molecule has 0 saturated carbocycles. The predicted molar refractivity (Wildman–Crippen MR) is 69.9 cm³/mol. The van der Waals surface area contributed by atoms with Gasteiger partial charge in [-0.2, -0.15) is 0 Å². The van der Waals surface area contributed by atoms with Gasteiger partial charge in [0.1, 0.15) is 0 Å². The van der Waals surface area contributed by atoms with Gasteiger partial charge in [-0.25, -0.2) is 0 Å². The first-order chi connectivity index (χ1) is 8.15. The highest BCUT2D eigenvalue weighted by atomic mass is 16.2. The quantitative estimate of drug-likeness (QED) is 0.766. The number of hydrogen-bond acceptors (Lipinski definition) is 1. The van der Waals surface area contributed by atoms with E-state index in [1.807, 2.05) is 4.90 Å². The average Bonchev–Trinajstić information content (AvgIpc) is 2.32. The first-order valence-corrected chi connectivity index (χ1v) is 6.48. The number of amides is 1. The van der Waals surface area contributed by atoms with Gasteiger partial charge in [0.05, 0.1) is 6.42 Å². The fourth-order valence-electron chi connectivity index (χ4n) is 2.41. The van der Waals surface area contributed by atoms with E-state index in [4.69, 9.17) is 0 Å². The molecule has 1 fully saturated rings. The second kappa shape index (κ2) is 5.35. The molecule has 17 heavy (non-hydrogen) atoms. The lowest BCUT2D eigenvalue weighted by Crippen LogP contribution is -2.39. The molecule has 1 aromatic carbocycles. The summed E-state index contributed by atoms with van der Waals surface area (Å²) in [6, 6.07) is 8.25. The lowest BCUT2D eigenvalue weighted by molar-refractivity contribution is -0.132. The van der Waals surface area contributed by atoms with Crippen LogP contribution in [0.4, 0.5) is 0 Å². The molecular formula is C15H21NO. The van der Waals surface area contributed by atoms with Gasteiger partial charge in [0.2, 0.25) is 5.91 Å². The third-order valence-corrected chi connectivity index (χ3v) is 3.49. The summed E-state index contributed by atoms with van der Waals surface area (Å²) in [5.74, 6) is 0.936. The number of carbonyl (C=O) groups excluding carboxylic acids is 1. The van der Waals surface area contributed by atoms with Crippen LogP contribution in [-0.4, -0.2) is 23.9 Å². The van der Waals surface area contributed by atoms with E-state index < -0.39 is 0 Å². The van der Waals surface area contributed by atoms with Gasteiger partial charge >= 0.3 is 0 Å². The molecule has 1 aliphatic heterocycles. The van der Waals surface area contributed by atoms with Crippen molar-refractivity contribution in [3.8, 4) is 0 Å². The number of carbonyl (C=O) groups is 1. The third kappa shape index (κ3) is 3.32. The van der Waals surface area contributed by atoms with E-state index in [-0.39, 0.29) is 5.91 Å². The van der Waals surface area contributed by atoms with Crippen LogP contribution in [0.25, 0.3) is 0 Å². The van der Waals surface area contributed by atoms with E-state index in [1.165, 1.54) is 12.0 Å². The van der Waals surface area contributed by atoms with Crippen LogP contribution in [-0.2, 0) is 11.2 Å². The molecule has 0 aliphatic carbocycles. The number of nitrogens with zero attached hydrogens (tertiary/aromatic N) is 1. The Hall–Kier alpha value is -1.31. The van der Waals surface area contributed by atoms with Crippen molar-refractivity contribution in [3.63, 3.8) is 0 Å². The van der Waals surface area contributed by atoms with Crippen molar-refractivity contribution in [2.24, 2.45) is 5.92 Å². The van der Waals surface area contributed by atoms with Crippen molar-refractivity contribution in [2.45, 2.75) is 33.1 Å². The zero-order valence-corrected chi connectivity index (χ0v) is 10.8. The molecule has 0 aromatic heterocycles. The fourth-order valence-corrected chi connectivity index (χ4v) is 2.41. The molecule has 1 saturated heterocycles. The summed E-state index contributed by atoms with van der Waals surface area (Å²) in [5.41, 5.74) is 2.37. The largest absolute Gasteiger partial charge is 0.342 e. The van der Waals surface area contributed by atoms with Gasteiger partial charge in [0, 0.05) is 13.1 Å². The Labute approximate surface area is 104 Å². The minimum absolute atomic E-state index is 0.278. The van der Waals surface area contributed by atoms with Crippen molar-refractivity contribution in [1.82, 2.24) is 4.90 Å². The second-order valence-electron chi connectivity index (χ2n) is 5.25. The number of likely N-dealkylation sites (tertiary alicyclic amines) is 1. The zero-order valence-electron chi connectivity index (χ0n) is 10.8. The van der Waals surface area contributed by atoms with Gasteiger partial charge in [-0.3, -0.25) is 4.79 Å². The lowest BCUT2D eigenvalue weighted by atomic mass is 9.99. The molecule has 0 bridgehead atoms. The van der Waals surface area contributed by atoms with E-state index in [0.717, 1.165) is 25.1 Å². The maximum Gasteiger partial charge on any atom is 0.226 e. The summed E-state index contributed by atoms with van der Waals surface area (Å²) >= 11 is 0. The van der Waals surface area contributed by atoms with Crippen LogP contribution in [0.2, 0.25) is 0 Å². The van der Waals surface area contributed by atoms with Crippen molar-refractivity contribution >= 4 is 5.91 Å². The van der Waals surface area contributed by atoms with Gasteiger partial charge < -0.3 is 4.90 Å². The minimum Gasteiger partial charge on any atom is -0.342 e. The van der Waals surface area contributed by atoms with Crippen molar-refractivity contribution in [1.29, 1.82) is 0 Å². The van der Waals surface area contributed by atoms with E-state index in [1.54, 1.807) is 0 Å². The molecule has 1 aliphatic rings. The summed E-state index contributed by atoms with van der Waals surface area (Å²) in [6.45, 7) is 6.17. The topological polar surface area (TPSA) is 20.3 Å². The first kappa shape index (κ1) is 12.2. The third-order valence-electron chi connectivity index (χ3n) is 3.49. The molecule has 0 N–H and O–H groups in total. The maximum atomic E-state index is 12.1. The molecule has 1 heterocycles. The molecule has 2 rings (SSSR count). The van der Waals surface area contributed by atoms with E-state index >= 15 is 0 Å². The second-order valence-corrected chi connectivity index (χ2v) is 5.25. The molecule has 1 atom stereocenters. The van der Waals surface area contributed by atoms with Crippen molar-refractivity contribution in [3.05, 3.63) is 35.4 Å². The molecule has 1 aromatic rings. The Morgan fingerprint density at radius 3 is 2.71 bits per heavy atom. The molecule has 0 unspecified atom stereocenters. The van der Waals surface area contributed by atoms with E-state index in [9.17, 15) is 4.79 Å². The monoisotopic (exact) mass is 231 g/mol. The molecule has 2 nitrogen and oxygen atoms in total. The number of benzene rings is 1. The summed E-state index contributed by atoms with van der Waals surface area (Å²) in [7, 11) is 0. The average molecular weight is 231 g/mol. The maximum absolute atomic E-state index is 12.1. The first-order valence-electron chi connectivity index (χ1n) is 6.48. The van der Waals surface area contributed by atoms with Crippen LogP contribution in [0.15, 0.2) is 24.3 Å². The molecule has 0 spiro atoms. The summed E-state index contributed by atoms with van der Waals surface area (Å²) < 4.78 is 0. The number of piperidine rings is 1. The summed E-state index contributed by atoms with van der Waals surface area (Å²) in [5, 5.41) is 0. The van der Waals surface area contributed by atoms with Crippen LogP contribution in [0.5, 0.6) is 0 Å². The van der Waals surface area contributed by atoms with Gasteiger partial charge in [0.15, 0.2) is 0 Å². The fraction of sp³-hybridized carbons (Fsp3) is 0.533. The van der Waals surface area contributed by atoms with Gasteiger partial charge in [0.25, 0.3) is 0 Å². The van der Waals surface area contributed by atoms with Crippen LogP contribution >= 0.6 is 0 Å². The van der Waals surface area contributed by atoms with Gasteiger partial charge in [-0.05, 0) is 31.2 Å². The van der Waals surface area contributed by atoms with Crippen molar-refractivity contribution in [2.75, 3.05) is 13.1 Å². The number of rotatable bonds is 2. The van der Waals surface area contributed by atoms with Gasteiger partial charge in [-0.15, -0.1) is 0 Å². The van der Waals surface area contributed by atoms with Crippen LogP contribution < -0.4 is 0 Å². The molecule has 2 heteroatoms. The number of aryl methyl sites for hydroxylation is 1. The Morgan fingerprint density at radius 1 is 1.35 bits per heavy atom. The Bertz CT molecular complexity index is 382. The normalized spacial score (nSPS) is 20.4. The van der Waals surface area contributed by atoms with E-state index in [0.29, 0.717) is 12.3 Å². The predicted octanol–water partition coefficient (Wildman–Crippen LogP) is 2.80. The summed E-state index contributed by atoms with van der Waals surface area (Å²) in [4.78, 5) is 14.1. The van der Waals surface area contributed by atoms with Gasteiger partial charge in [-0.1, -0.05) is 36.8 Å². The highest BCUT2D eigenvalue weighted by molar-refractivity contribution is 5.78. The molecular weight excluding hydrogens is 210 g/mol. The standard InChI is InChI=1S/C15H21NO/c1-12-5-7-14(8-6-12)10-15(17)16-9-3-4-13(2)11-16/h5-8,13H,3-4,9-11H2,1-2H3/t13-/m1/s1. The molecule has 92 valence electrons. The minimum atomic E-state index is 0.278. The highest BCUT2D eigenvalue weighted by Gasteiger charge is 2.20.